The Labute approximate surface area is 128 Å². The molecule has 2 aromatic carbocycles. The van der Waals surface area contributed by atoms with E-state index in [1.165, 1.54) is 17.7 Å². The summed E-state index contributed by atoms with van der Waals surface area (Å²) in [4.78, 5) is 0. The SMILES string of the molecule is CC(C)Cc1cccc(C(N)c2ccc(F)cc2Br)c1. The molecule has 0 fully saturated rings. The minimum Gasteiger partial charge on any atom is -0.320 e. The van der Waals surface area contributed by atoms with Gasteiger partial charge in [0.2, 0.25) is 0 Å². The Balaban J connectivity index is 2.30. The lowest BCUT2D eigenvalue weighted by molar-refractivity contribution is 0.625. The fraction of sp³-hybridized carbons (Fsp3) is 0.294. The van der Waals surface area contributed by atoms with Gasteiger partial charge in [-0.1, -0.05) is 60.1 Å². The van der Waals surface area contributed by atoms with Gasteiger partial charge in [-0.15, -0.1) is 0 Å². The molecule has 0 saturated carbocycles. The highest BCUT2D eigenvalue weighted by Gasteiger charge is 2.13. The lowest BCUT2D eigenvalue weighted by atomic mass is 9.95. The highest BCUT2D eigenvalue weighted by molar-refractivity contribution is 9.10. The summed E-state index contributed by atoms with van der Waals surface area (Å²) in [5, 5.41) is 0. The van der Waals surface area contributed by atoms with Crippen molar-refractivity contribution in [2.75, 3.05) is 0 Å². The first-order chi connectivity index (χ1) is 9.47. The molecule has 1 unspecified atom stereocenters. The largest absolute Gasteiger partial charge is 0.320 e. The summed E-state index contributed by atoms with van der Waals surface area (Å²) in [5.41, 5.74) is 9.55. The second-order valence-corrected chi connectivity index (χ2v) is 6.34. The molecule has 0 bridgehead atoms. The van der Waals surface area contributed by atoms with Gasteiger partial charge in [-0.2, -0.15) is 0 Å². The number of hydrogen-bond donors (Lipinski definition) is 1. The lowest BCUT2D eigenvalue weighted by Gasteiger charge is -2.16. The van der Waals surface area contributed by atoms with E-state index in [1.807, 2.05) is 12.1 Å². The van der Waals surface area contributed by atoms with E-state index >= 15 is 0 Å². The van der Waals surface area contributed by atoms with Crippen LogP contribution < -0.4 is 5.73 Å². The third kappa shape index (κ3) is 3.68. The van der Waals surface area contributed by atoms with E-state index in [4.69, 9.17) is 5.73 Å². The Bertz CT molecular complexity index is 595. The Morgan fingerprint density at radius 3 is 2.55 bits per heavy atom. The van der Waals surface area contributed by atoms with Crippen LogP contribution in [0.25, 0.3) is 0 Å². The average Bonchev–Trinajstić information content (AvgIpc) is 2.37. The third-order valence-corrected chi connectivity index (χ3v) is 3.94. The van der Waals surface area contributed by atoms with E-state index in [9.17, 15) is 4.39 Å². The fourth-order valence-electron chi connectivity index (χ4n) is 2.32. The van der Waals surface area contributed by atoms with E-state index in [2.05, 4.69) is 41.9 Å². The number of rotatable bonds is 4. The Hall–Kier alpha value is -1.19. The molecule has 0 spiro atoms. The Morgan fingerprint density at radius 1 is 1.15 bits per heavy atom. The van der Waals surface area contributed by atoms with Crippen molar-refractivity contribution in [3.63, 3.8) is 0 Å². The minimum atomic E-state index is -0.263. The van der Waals surface area contributed by atoms with E-state index in [1.54, 1.807) is 6.07 Å². The first-order valence-corrected chi connectivity index (χ1v) is 7.56. The van der Waals surface area contributed by atoms with Crippen molar-refractivity contribution in [1.29, 1.82) is 0 Å². The predicted molar refractivity (Wildman–Crippen MR) is 85.1 cm³/mol. The van der Waals surface area contributed by atoms with Gasteiger partial charge in [0.25, 0.3) is 0 Å². The molecule has 0 amide bonds. The van der Waals surface area contributed by atoms with Gasteiger partial charge in [0.05, 0.1) is 6.04 Å². The monoisotopic (exact) mass is 335 g/mol. The zero-order chi connectivity index (χ0) is 14.7. The van der Waals surface area contributed by atoms with Crippen LogP contribution in [0.2, 0.25) is 0 Å². The molecular formula is C17H19BrFN. The smallest absolute Gasteiger partial charge is 0.124 e. The number of hydrogen-bond acceptors (Lipinski definition) is 1. The summed E-state index contributed by atoms with van der Waals surface area (Å²) >= 11 is 3.38. The molecule has 0 aliphatic heterocycles. The third-order valence-electron chi connectivity index (χ3n) is 3.25. The van der Waals surface area contributed by atoms with Gasteiger partial charge in [0.1, 0.15) is 5.82 Å². The number of benzene rings is 2. The second-order valence-electron chi connectivity index (χ2n) is 5.49. The molecule has 1 nitrogen and oxygen atoms in total. The fourth-order valence-corrected chi connectivity index (χ4v) is 2.92. The summed E-state index contributed by atoms with van der Waals surface area (Å²) < 4.78 is 13.9. The van der Waals surface area contributed by atoms with Crippen molar-refractivity contribution in [3.8, 4) is 0 Å². The van der Waals surface area contributed by atoms with Crippen LogP contribution in [0.5, 0.6) is 0 Å². The van der Waals surface area contributed by atoms with Crippen molar-refractivity contribution in [1.82, 2.24) is 0 Å². The molecule has 2 N–H and O–H groups in total. The summed E-state index contributed by atoms with van der Waals surface area (Å²) in [5.74, 6) is 0.348. The first kappa shape index (κ1) is 15.2. The summed E-state index contributed by atoms with van der Waals surface area (Å²) in [7, 11) is 0. The Morgan fingerprint density at radius 2 is 1.90 bits per heavy atom. The van der Waals surface area contributed by atoms with Crippen molar-refractivity contribution < 1.29 is 4.39 Å². The second kappa shape index (κ2) is 6.51. The molecule has 0 radical (unpaired) electrons. The van der Waals surface area contributed by atoms with Crippen LogP contribution in [0, 0.1) is 11.7 Å². The van der Waals surface area contributed by atoms with Crippen LogP contribution in [0.15, 0.2) is 46.9 Å². The Kier molecular flexibility index (Phi) is 4.95. The molecular weight excluding hydrogens is 317 g/mol. The lowest BCUT2D eigenvalue weighted by Crippen LogP contribution is -2.13. The summed E-state index contributed by atoms with van der Waals surface area (Å²) in [6.45, 7) is 4.40. The highest BCUT2D eigenvalue weighted by Crippen LogP contribution is 2.28. The normalized spacial score (nSPS) is 12.7. The van der Waals surface area contributed by atoms with Crippen LogP contribution in [-0.2, 0) is 6.42 Å². The van der Waals surface area contributed by atoms with Gasteiger partial charge in [0, 0.05) is 4.47 Å². The molecule has 3 heteroatoms. The van der Waals surface area contributed by atoms with Crippen LogP contribution in [0.4, 0.5) is 4.39 Å². The van der Waals surface area contributed by atoms with E-state index in [0.29, 0.717) is 10.4 Å². The molecule has 0 saturated heterocycles. The zero-order valence-electron chi connectivity index (χ0n) is 11.7. The van der Waals surface area contributed by atoms with Crippen molar-refractivity contribution in [2.24, 2.45) is 11.7 Å². The minimum absolute atomic E-state index is 0.253. The van der Waals surface area contributed by atoms with Gasteiger partial charge in [-0.25, -0.2) is 4.39 Å². The van der Waals surface area contributed by atoms with Gasteiger partial charge in [-0.05, 0) is 41.2 Å². The van der Waals surface area contributed by atoms with Crippen molar-refractivity contribution >= 4 is 15.9 Å². The number of halogens is 2. The molecule has 0 aliphatic carbocycles. The molecule has 0 heterocycles. The molecule has 2 rings (SSSR count). The molecule has 0 aromatic heterocycles. The summed E-state index contributed by atoms with van der Waals surface area (Å²) in [6, 6.07) is 12.7. The van der Waals surface area contributed by atoms with Crippen molar-refractivity contribution in [2.45, 2.75) is 26.3 Å². The van der Waals surface area contributed by atoms with Gasteiger partial charge in [-0.3, -0.25) is 0 Å². The van der Waals surface area contributed by atoms with Gasteiger partial charge < -0.3 is 5.73 Å². The standard InChI is InChI=1S/C17H19BrFN/c1-11(2)8-12-4-3-5-13(9-12)17(20)15-7-6-14(19)10-16(15)18/h3-7,9-11,17H,8,20H2,1-2H3. The van der Waals surface area contributed by atoms with E-state index in [-0.39, 0.29) is 11.9 Å². The first-order valence-electron chi connectivity index (χ1n) is 6.76. The van der Waals surface area contributed by atoms with Crippen LogP contribution >= 0.6 is 15.9 Å². The maximum absolute atomic E-state index is 13.2. The molecule has 1 atom stereocenters. The van der Waals surface area contributed by atoms with Gasteiger partial charge >= 0.3 is 0 Å². The molecule has 106 valence electrons. The predicted octanol–water partition coefficient (Wildman–Crippen LogP) is 4.83. The maximum atomic E-state index is 13.2. The molecule has 0 aliphatic rings. The maximum Gasteiger partial charge on any atom is 0.124 e. The zero-order valence-corrected chi connectivity index (χ0v) is 13.3. The van der Waals surface area contributed by atoms with Crippen LogP contribution in [0.3, 0.4) is 0 Å². The molecule has 20 heavy (non-hydrogen) atoms. The molecule has 2 aromatic rings. The highest BCUT2D eigenvalue weighted by atomic mass is 79.9. The van der Waals surface area contributed by atoms with Crippen LogP contribution in [0.1, 0.15) is 36.6 Å². The summed E-state index contributed by atoms with van der Waals surface area (Å²) in [6.07, 6.45) is 1.03. The van der Waals surface area contributed by atoms with E-state index < -0.39 is 0 Å². The quantitative estimate of drug-likeness (QED) is 0.850. The topological polar surface area (TPSA) is 26.0 Å². The average molecular weight is 336 g/mol. The van der Waals surface area contributed by atoms with E-state index in [0.717, 1.165) is 17.5 Å². The number of nitrogens with two attached hydrogens (primary N) is 1. The van der Waals surface area contributed by atoms with Crippen molar-refractivity contribution in [3.05, 3.63) is 69.4 Å². The van der Waals surface area contributed by atoms with Crippen LogP contribution in [-0.4, -0.2) is 0 Å². The van der Waals surface area contributed by atoms with Gasteiger partial charge in [0.15, 0.2) is 0 Å².